The van der Waals surface area contributed by atoms with E-state index in [0.29, 0.717) is 6.10 Å². The molecule has 0 radical (unpaired) electrons. The maximum absolute atomic E-state index is 6.11. The van der Waals surface area contributed by atoms with Crippen molar-refractivity contribution >= 4 is 14.5 Å². The van der Waals surface area contributed by atoms with Crippen LogP contribution >= 0.6 is 0 Å². The molecule has 1 aliphatic carbocycles. The lowest BCUT2D eigenvalue weighted by Crippen LogP contribution is -2.32. The molecule has 2 aliphatic rings. The molecule has 1 unspecified atom stereocenters. The Bertz CT molecular complexity index is 143. The first-order valence-electron chi connectivity index (χ1n) is 5.52. The SMILES string of the molecule is CC1CC[CH2][Al]([CH]2CCCC2)[O]1. The van der Waals surface area contributed by atoms with E-state index >= 15 is 0 Å². The summed E-state index contributed by atoms with van der Waals surface area (Å²) < 4.78 is 7.16. The van der Waals surface area contributed by atoms with Crippen molar-refractivity contribution in [2.45, 2.75) is 61.6 Å². The Kier molecular flexibility index (Phi) is 3.12. The summed E-state index contributed by atoms with van der Waals surface area (Å²) in [5.74, 6) is 0. The monoisotopic (exact) mass is 182 g/mol. The second kappa shape index (κ2) is 4.13. The average Bonchev–Trinajstić information content (AvgIpc) is 2.56. The molecule has 0 aromatic rings. The standard InChI is InChI=1S/C5H10O.C5H9.Al/c1-3-4-5(2)6;1-2-4-5-3-1;/h5H,1,3-4H2,2H3;1H,2-5H2;/q-1;;+1. The molecule has 0 bridgehead atoms. The minimum absolute atomic E-state index is 0.594. The summed E-state index contributed by atoms with van der Waals surface area (Å²) in [5, 5.41) is 1.47. The zero-order valence-electron chi connectivity index (χ0n) is 8.09. The molecule has 2 fully saturated rings. The van der Waals surface area contributed by atoms with Crippen LogP contribution in [0.1, 0.15) is 45.4 Å². The molecule has 0 spiro atoms. The van der Waals surface area contributed by atoms with Gasteiger partial charge in [0.15, 0.2) is 0 Å². The highest BCUT2D eigenvalue weighted by molar-refractivity contribution is 6.53. The van der Waals surface area contributed by atoms with Crippen LogP contribution in [0.5, 0.6) is 0 Å². The van der Waals surface area contributed by atoms with Crippen molar-refractivity contribution in [1.29, 1.82) is 0 Å². The minimum atomic E-state index is -0.736. The largest absolute Gasteiger partial charge is 0.498 e. The fourth-order valence-corrected chi connectivity index (χ4v) is 6.13. The van der Waals surface area contributed by atoms with Gasteiger partial charge in [0.25, 0.3) is 0 Å². The first-order valence-corrected chi connectivity index (χ1v) is 7.47. The lowest BCUT2D eigenvalue weighted by atomic mass is 10.2. The van der Waals surface area contributed by atoms with E-state index in [0.717, 1.165) is 4.78 Å². The Morgan fingerprint density at radius 2 is 1.83 bits per heavy atom. The molecule has 0 amide bonds. The second-order valence-electron chi connectivity index (χ2n) is 4.46. The Morgan fingerprint density at radius 1 is 1.08 bits per heavy atom. The highest BCUT2D eigenvalue weighted by atomic mass is 27.2. The smallest absolute Gasteiger partial charge is 0.464 e. The third-order valence-electron chi connectivity index (χ3n) is 3.43. The third-order valence-corrected chi connectivity index (χ3v) is 6.94. The molecule has 1 atom stereocenters. The van der Waals surface area contributed by atoms with E-state index in [1.165, 1.54) is 43.8 Å². The van der Waals surface area contributed by atoms with E-state index in [9.17, 15) is 0 Å². The zero-order chi connectivity index (χ0) is 8.39. The van der Waals surface area contributed by atoms with Gasteiger partial charge in [0.05, 0.1) is 0 Å². The van der Waals surface area contributed by atoms with Crippen molar-refractivity contribution in [2.24, 2.45) is 0 Å². The maximum atomic E-state index is 6.11. The first-order chi connectivity index (χ1) is 5.86. The van der Waals surface area contributed by atoms with Gasteiger partial charge in [-0.2, -0.15) is 0 Å². The third kappa shape index (κ3) is 2.05. The normalized spacial score (nSPS) is 32.8. The Morgan fingerprint density at radius 3 is 2.50 bits per heavy atom. The minimum Gasteiger partial charge on any atom is -0.498 e. The van der Waals surface area contributed by atoms with E-state index in [-0.39, 0.29) is 0 Å². The topological polar surface area (TPSA) is 9.23 Å². The van der Waals surface area contributed by atoms with Crippen molar-refractivity contribution in [3.63, 3.8) is 0 Å². The van der Waals surface area contributed by atoms with Crippen LogP contribution < -0.4 is 0 Å². The average molecular weight is 182 g/mol. The van der Waals surface area contributed by atoms with Gasteiger partial charge in [-0.25, -0.2) is 0 Å². The highest BCUT2D eigenvalue weighted by Gasteiger charge is 2.36. The van der Waals surface area contributed by atoms with Gasteiger partial charge in [-0.1, -0.05) is 42.2 Å². The van der Waals surface area contributed by atoms with Crippen molar-refractivity contribution < 1.29 is 3.79 Å². The summed E-state index contributed by atoms with van der Waals surface area (Å²) in [6.07, 6.45) is 9.30. The molecule has 1 saturated heterocycles. The van der Waals surface area contributed by atoms with E-state index < -0.39 is 14.5 Å². The lowest BCUT2D eigenvalue weighted by Gasteiger charge is -2.28. The van der Waals surface area contributed by atoms with Gasteiger partial charge in [0.2, 0.25) is 0 Å². The highest BCUT2D eigenvalue weighted by Crippen LogP contribution is 2.37. The van der Waals surface area contributed by atoms with E-state index in [2.05, 4.69) is 6.92 Å². The van der Waals surface area contributed by atoms with Crippen molar-refractivity contribution in [2.75, 3.05) is 0 Å². The Hall–Kier alpha value is 0.492. The van der Waals surface area contributed by atoms with Gasteiger partial charge in [-0.3, -0.25) is 0 Å². The molecule has 68 valence electrons. The molecular weight excluding hydrogens is 163 g/mol. The summed E-state index contributed by atoms with van der Waals surface area (Å²) in [4.78, 5) is 0. The van der Waals surface area contributed by atoms with E-state index in [1.807, 2.05) is 0 Å². The van der Waals surface area contributed by atoms with Crippen LogP contribution in [0.2, 0.25) is 10.1 Å². The molecule has 2 heteroatoms. The number of hydrogen-bond donors (Lipinski definition) is 0. The fraction of sp³-hybridized carbons (Fsp3) is 1.00. The predicted molar refractivity (Wildman–Crippen MR) is 52.6 cm³/mol. The lowest BCUT2D eigenvalue weighted by molar-refractivity contribution is 0.184. The summed E-state index contributed by atoms with van der Waals surface area (Å²) in [7, 11) is 0. The van der Waals surface area contributed by atoms with Gasteiger partial charge >= 0.3 is 14.5 Å². The molecule has 2 rings (SSSR count). The second-order valence-corrected chi connectivity index (χ2v) is 7.33. The van der Waals surface area contributed by atoms with Gasteiger partial charge < -0.3 is 3.79 Å². The molecule has 1 saturated carbocycles. The van der Waals surface area contributed by atoms with Crippen molar-refractivity contribution in [3.05, 3.63) is 0 Å². The van der Waals surface area contributed by atoms with Crippen LogP contribution in [-0.4, -0.2) is 20.6 Å². The van der Waals surface area contributed by atoms with Crippen LogP contribution in [0.15, 0.2) is 0 Å². The molecule has 0 aromatic heterocycles. The molecule has 0 N–H and O–H groups in total. The summed E-state index contributed by atoms with van der Waals surface area (Å²) in [6, 6.07) is 0. The summed E-state index contributed by atoms with van der Waals surface area (Å²) >= 11 is -0.736. The van der Waals surface area contributed by atoms with Crippen LogP contribution in [-0.2, 0) is 3.79 Å². The first kappa shape index (κ1) is 9.06. The summed E-state index contributed by atoms with van der Waals surface area (Å²) in [6.45, 7) is 2.26. The van der Waals surface area contributed by atoms with Gasteiger partial charge in [0, 0.05) is 6.10 Å². The van der Waals surface area contributed by atoms with Gasteiger partial charge in [-0.15, -0.1) is 0 Å². The van der Waals surface area contributed by atoms with Gasteiger partial charge in [-0.05, 0) is 13.3 Å². The summed E-state index contributed by atoms with van der Waals surface area (Å²) in [5.41, 5.74) is 0. The fourth-order valence-electron chi connectivity index (χ4n) is 2.72. The van der Waals surface area contributed by atoms with Crippen LogP contribution in [0, 0.1) is 0 Å². The molecule has 1 aliphatic heterocycles. The van der Waals surface area contributed by atoms with Crippen LogP contribution in [0.4, 0.5) is 0 Å². The zero-order valence-corrected chi connectivity index (χ0v) is 9.24. The van der Waals surface area contributed by atoms with Crippen LogP contribution in [0.3, 0.4) is 0 Å². The number of hydrogen-bond acceptors (Lipinski definition) is 1. The van der Waals surface area contributed by atoms with E-state index in [1.54, 1.807) is 0 Å². The van der Waals surface area contributed by atoms with Crippen LogP contribution in [0.25, 0.3) is 0 Å². The number of rotatable bonds is 1. The van der Waals surface area contributed by atoms with Gasteiger partial charge in [0.1, 0.15) is 0 Å². The van der Waals surface area contributed by atoms with Crippen molar-refractivity contribution in [3.8, 4) is 0 Å². The molecule has 12 heavy (non-hydrogen) atoms. The van der Waals surface area contributed by atoms with Crippen molar-refractivity contribution in [1.82, 2.24) is 0 Å². The molecular formula is C10H19AlO. The predicted octanol–water partition coefficient (Wildman–Crippen LogP) is 3.12. The maximum Gasteiger partial charge on any atom is 0.464 e. The van der Waals surface area contributed by atoms with E-state index in [4.69, 9.17) is 3.79 Å². The molecule has 1 nitrogen and oxygen atoms in total. The quantitative estimate of drug-likeness (QED) is 0.566. The Balaban J connectivity index is 1.85. The Labute approximate surface area is 80.2 Å². The molecule has 1 heterocycles. The molecule has 0 aromatic carbocycles.